The number of halogens is 1. The molecule has 2 aromatic carbocycles. The molecule has 0 heterocycles. The smallest absolute Gasteiger partial charge is 0.242 e. The first kappa shape index (κ1) is 22.0. The van der Waals surface area contributed by atoms with Gasteiger partial charge in [0.05, 0.1) is 0 Å². The molecule has 0 bridgehead atoms. The van der Waals surface area contributed by atoms with Crippen molar-refractivity contribution in [3.8, 4) is 0 Å². The van der Waals surface area contributed by atoms with Crippen molar-refractivity contribution >= 4 is 23.4 Å². The first-order valence-electron chi connectivity index (χ1n) is 9.90. The number of hydrogen-bond acceptors (Lipinski definition) is 2. The molecule has 1 N–H and O–H groups in total. The Labute approximate surface area is 172 Å². The van der Waals surface area contributed by atoms with E-state index in [1.165, 1.54) is 0 Å². The maximum Gasteiger partial charge on any atom is 0.242 e. The van der Waals surface area contributed by atoms with Gasteiger partial charge in [-0.1, -0.05) is 67.9 Å². The van der Waals surface area contributed by atoms with E-state index in [4.69, 9.17) is 11.6 Å². The van der Waals surface area contributed by atoms with Gasteiger partial charge >= 0.3 is 0 Å². The largest absolute Gasteiger partial charge is 0.354 e. The molecule has 2 aromatic rings. The zero-order valence-corrected chi connectivity index (χ0v) is 17.4. The van der Waals surface area contributed by atoms with Crippen LogP contribution in [-0.2, 0) is 22.6 Å². The van der Waals surface area contributed by atoms with E-state index in [9.17, 15) is 9.59 Å². The van der Waals surface area contributed by atoms with Crippen LogP contribution in [0.15, 0.2) is 54.6 Å². The molecule has 150 valence electrons. The van der Waals surface area contributed by atoms with Crippen molar-refractivity contribution in [2.75, 3.05) is 6.54 Å². The number of hydrogen-bond donors (Lipinski definition) is 1. The minimum absolute atomic E-state index is 0.0164. The fourth-order valence-corrected chi connectivity index (χ4v) is 3.24. The SMILES string of the molecule is CCCNC(=O)[C@@H](CC)N(Cc1ccc(Cl)cc1)C(=O)CCc1ccccc1. The monoisotopic (exact) mass is 400 g/mol. The predicted octanol–water partition coefficient (Wildman–Crippen LogP) is 4.61. The molecule has 0 aliphatic rings. The van der Waals surface area contributed by atoms with Gasteiger partial charge in [0, 0.05) is 24.5 Å². The molecule has 5 heteroatoms. The zero-order valence-electron chi connectivity index (χ0n) is 16.7. The van der Waals surface area contributed by atoms with E-state index in [-0.39, 0.29) is 11.8 Å². The van der Waals surface area contributed by atoms with Gasteiger partial charge in [-0.25, -0.2) is 0 Å². The number of nitrogens with zero attached hydrogens (tertiary/aromatic N) is 1. The van der Waals surface area contributed by atoms with Crippen LogP contribution >= 0.6 is 11.6 Å². The van der Waals surface area contributed by atoms with Gasteiger partial charge in [-0.05, 0) is 42.5 Å². The molecule has 0 unspecified atom stereocenters. The van der Waals surface area contributed by atoms with Gasteiger partial charge in [0.25, 0.3) is 0 Å². The number of benzene rings is 2. The lowest BCUT2D eigenvalue weighted by molar-refractivity contribution is -0.141. The first-order chi connectivity index (χ1) is 13.5. The van der Waals surface area contributed by atoms with Crippen LogP contribution in [-0.4, -0.2) is 29.3 Å². The van der Waals surface area contributed by atoms with Crippen LogP contribution in [0.3, 0.4) is 0 Å². The third-order valence-electron chi connectivity index (χ3n) is 4.67. The normalized spacial score (nSPS) is 11.7. The van der Waals surface area contributed by atoms with Crippen LogP contribution in [0.4, 0.5) is 0 Å². The second-order valence-corrected chi connectivity index (χ2v) is 7.29. The van der Waals surface area contributed by atoms with Gasteiger partial charge in [0.1, 0.15) is 6.04 Å². The van der Waals surface area contributed by atoms with Crippen LogP contribution in [0.25, 0.3) is 0 Å². The van der Waals surface area contributed by atoms with Crippen molar-refractivity contribution in [3.63, 3.8) is 0 Å². The Morgan fingerprint density at radius 3 is 2.29 bits per heavy atom. The van der Waals surface area contributed by atoms with E-state index < -0.39 is 6.04 Å². The fraction of sp³-hybridized carbons (Fsp3) is 0.391. The van der Waals surface area contributed by atoms with Crippen LogP contribution in [0.2, 0.25) is 5.02 Å². The molecular formula is C23H29ClN2O2. The van der Waals surface area contributed by atoms with E-state index >= 15 is 0 Å². The molecule has 0 saturated carbocycles. The molecule has 28 heavy (non-hydrogen) atoms. The average molecular weight is 401 g/mol. The van der Waals surface area contributed by atoms with Crippen LogP contribution in [0.1, 0.15) is 44.2 Å². The molecule has 0 aliphatic carbocycles. The number of rotatable bonds is 10. The lowest BCUT2D eigenvalue weighted by Gasteiger charge is -2.30. The van der Waals surface area contributed by atoms with E-state index in [1.807, 2.05) is 68.4 Å². The van der Waals surface area contributed by atoms with Crippen molar-refractivity contribution in [1.82, 2.24) is 10.2 Å². The zero-order chi connectivity index (χ0) is 20.4. The number of amides is 2. The molecule has 0 saturated heterocycles. The minimum atomic E-state index is -0.481. The van der Waals surface area contributed by atoms with E-state index in [0.717, 1.165) is 17.5 Å². The summed E-state index contributed by atoms with van der Waals surface area (Å²) in [7, 11) is 0. The van der Waals surface area contributed by atoms with Crippen LogP contribution < -0.4 is 5.32 Å². The third kappa shape index (κ3) is 6.68. The highest BCUT2D eigenvalue weighted by Gasteiger charge is 2.28. The highest BCUT2D eigenvalue weighted by molar-refractivity contribution is 6.30. The molecule has 2 rings (SSSR count). The molecule has 0 radical (unpaired) electrons. The Balaban J connectivity index is 2.16. The summed E-state index contributed by atoms with van der Waals surface area (Å²) < 4.78 is 0. The summed E-state index contributed by atoms with van der Waals surface area (Å²) in [4.78, 5) is 27.5. The maximum atomic E-state index is 13.1. The Bertz CT molecular complexity index is 747. The molecule has 0 fully saturated rings. The van der Waals surface area contributed by atoms with Gasteiger partial charge in [-0.3, -0.25) is 9.59 Å². The summed E-state index contributed by atoms with van der Waals surface area (Å²) >= 11 is 5.98. The average Bonchev–Trinajstić information content (AvgIpc) is 2.72. The first-order valence-corrected chi connectivity index (χ1v) is 10.3. The molecule has 2 amide bonds. The van der Waals surface area contributed by atoms with Crippen molar-refractivity contribution < 1.29 is 9.59 Å². The van der Waals surface area contributed by atoms with E-state index in [2.05, 4.69) is 5.32 Å². The van der Waals surface area contributed by atoms with Gasteiger partial charge in [-0.15, -0.1) is 0 Å². The lowest BCUT2D eigenvalue weighted by atomic mass is 10.1. The summed E-state index contributed by atoms with van der Waals surface area (Å²) in [5, 5.41) is 3.58. The van der Waals surface area contributed by atoms with Crippen molar-refractivity contribution in [1.29, 1.82) is 0 Å². The Hall–Kier alpha value is -2.33. The van der Waals surface area contributed by atoms with Gasteiger partial charge in [-0.2, -0.15) is 0 Å². The molecule has 4 nitrogen and oxygen atoms in total. The molecule has 0 aliphatic heterocycles. The number of carbonyl (C=O) groups is 2. The summed E-state index contributed by atoms with van der Waals surface area (Å²) in [5.74, 6) is -0.108. The van der Waals surface area contributed by atoms with E-state index in [0.29, 0.717) is 37.4 Å². The highest BCUT2D eigenvalue weighted by Crippen LogP contribution is 2.17. The quantitative estimate of drug-likeness (QED) is 0.633. The molecular weight excluding hydrogens is 372 g/mol. The second kappa shape index (κ2) is 11.5. The predicted molar refractivity (Wildman–Crippen MR) is 114 cm³/mol. The van der Waals surface area contributed by atoms with Gasteiger partial charge < -0.3 is 10.2 Å². The molecule has 0 aromatic heterocycles. The van der Waals surface area contributed by atoms with Crippen LogP contribution in [0.5, 0.6) is 0 Å². The highest BCUT2D eigenvalue weighted by atomic mass is 35.5. The molecule has 0 spiro atoms. The topological polar surface area (TPSA) is 49.4 Å². The fourth-order valence-electron chi connectivity index (χ4n) is 3.11. The molecule has 1 atom stereocenters. The van der Waals surface area contributed by atoms with Crippen LogP contribution in [0, 0.1) is 0 Å². The lowest BCUT2D eigenvalue weighted by Crippen LogP contribution is -2.49. The van der Waals surface area contributed by atoms with E-state index in [1.54, 1.807) is 4.90 Å². The Morgan fingerprint density at radius 2 is 1.68 bits per heavy atom. The summed E-state index contributed by atoms with van der Waals surface area (Å²) in [6.07, 6.45) is 2.46. The summed E-state index contributed by atoms with van der Waals surface area (Å²) in [5.41, 5.74) is 2.07. The maximum absolute atomic E-state index is 13.1. The summed E-state index contributed by atoms with van der Waals surface area (Å²) in [6, 6.07) is 16.9. The van der Waals surface area contributed by atoms with Gasteiger partial charge in [0.15, 0.2) is 0 Å². The minimum Gasteiger partial charge on any atom is -0.354 e. The van der Waals surface area contributed by atoms with Gasteiger partial charge in [0.2, 0.25) is 11.8 Å². The third-order valence-corrected chi connectivity index (χ3v) is 4.92. The summed E-state index contributed by atoms with van der Waals surface area (Å²) in [6.45, 7) is 4.96. The Morgan fingerprint density at radius 1 is 1.00 bits per heavy atom. The van der Waals surface area contributed by atoms with Crippen molar-refractivity contribution in [2.45, 2.75) is 52.1 Å². The van der Waals surface area contributed by atoms with Crippen molar-refractivity contribution in [3.05, 3.63) is 70.7 Å². The second-order valence-electron chi connectivity index (χ2n) is 6.85. The standard InChI is InChI=1S/C23H29ClN2O2/c1-3-16-25-23(28)21(4-2)26(17-19-10-13-20(24)14-11-19)22(27)15-12-18-8-6-5-7-9-18/h5-11,13-14,21H,3-4,12,15-17H2,1-2H3,(H,25,28)/t21-/m1/s1. The number of aryl methyl sites for hydroxylation is 1. The number of carbonyl (C=O) groups excluding carboxylic acids is 2. The van der Waals surface area contributed by atoms with Crippen molar-refractivity contribution in [2.24, 2.45) is 0 Å². The number of nitrogens with one attached hydrogen (secondary N) is 1. The Kier molecular flexibility index (Phi) is 9.02.